The molecule has 1 heterocycles. The van der Waals surface area contributed by atoms with Crippen molar-refractivity contribution in [1.82, 2.24) is 4.98 Å². The van der Waals surface area contributed by atoms with E-state index in [1.165, 1.54) is 11.8 Å². The molecule has 0 spiro atoms. The smallest absolute Gasteiger partial charge is 0.257 e. The van der Waals surface area contributed by atoms with Crippen molar-refractivity contribution in [1.29, 1.82) is 0 Å². The average Bonchev–Trinajstić information content (AvgIpc) is 3.05. The Morgan fingerprint density at radius 1 is 1.09 bits per heavy atom. The Bertz CT molecular complexity index is 782. The monoisotopic (exact) mass is 325 g/mol. The first-order valence-electron chi connectivity index (χ1n) is 7.09. The number of nitrogens with zero attached hydrogens (tertiary/aromatic N) is 1. The number of ether oxygens (including phenoxy) is 1. The van der Waals surface area contributed by atoms with Gasteiger partial charge >= 0.3 is 0 Å². The highest BCUT2D eigenvalue weighted by molar-refractivity contribution is 7.99. The van der Waals surface area contributed by atoms with Crippen LogP contribution in [0.2, 0.25) is 0 Å². The molecule has 0 aliphatic rings. The molecule has 0 saturated heterocycles. The predicted molar refractivity (Wildman–Crippen MR) is 90.7 cm³/mol. The number of hydrogen-bond donors (Lipinski definition) is 0. The van der Waals surface area contributed by atoms with Gasteiger partial charge in [-0.3, -0.25) is 0 Å². The molecule has 0 saturated carbocycles. The highest BCUT2D eigenvalue weighted by Gasteiger charge is 2.17. The van der Waals surface area contributed by atoms with Gasteiger partial charge in [0.2, 0.25) is 0 Å². The molecule has 0 unspecified atom stereocenters. The fraction of sp³-hybridized carbons (Fsp3) is 0.111. The van der Waals surface area contributed by atoms with Crippen LogP contribution in [0.15, 0.2) is 64.2 Å². The lowest BCUT2D eigenvalue weighted by atomic mass is 10.1. The third-order valence-corrected chi connectivity index (χ3v) is 4.01. The van der Waals surface area contributed by atoms with Crippen molar-refractivity contribution in [3.8, 4) is 28.3 Å². The van der Waals surface area contributed by atoms with E-state index in [-0.39, 0.29) is 0 Å². The molecule has 0 radical (unpaired) electrons. The first kappa shape index (κ1) is 15.4. The normalized spacial score (nSPS) is 10.5. The second-order valence-electron chi connectivity index (χ2n) is 4.73. The van der Waals surface area contributed by atoms with Crippen molar-refractivity contribution in [2.24, 2.45) is 0 Å². The number of rotatable bonds is 6. The van der Waals surface area contributed by atoms with Crippen LogP contribution >= 0.6 is 11.8 Å². The second kappa shape index (κ2) is 7.15. The summed E-state index contributed by atoms with van der Waals surface area (Å²) in [5.74, 6) is 1.80. The molecule has 0 fully saturated rings. The van der Waals surface area contributed by atoms with Gasteiger partial charge in [0.1, 0.15) is 17.7 Å². The van der Waals surface area contributed by atoms with Gasteiger partial charge in [-0.15, -0.1) is 0 Å². The van der Waals surface area contributed by atoms with Gasteiger partial charge in [0.15, 0.2) is 5.76 Å². The fourth-order valence-corrected chi connectivity index (χ4v) is 2.71. The van der Waals surface area contributed by atoms with E-state index in [1.54, 1.807) is 7.11 Å². The minimum absolute atomic E-state index is 0.316. The van der Waals surface area contributed by atoms with E-state index in [2.05, 4.69) is 4.98 Å². The van der Waals surface area contributed by atoms with E-state index in [4.69, 9.17) is 9.15 Å². The Labute approximate surface area is 138 Å². The highest BCUT2D eigenvalue weighted by Crippen LogP contribution is 2.35. The van der Waals surface area contributed by atoms with Gasteiger partial charge in [0.25, 0.3) is 5.22 Å². The largest absolute Gasteiger partial charge is 0.497 e. The number of thioether (sulfide) groups is 1. The molecule has 1 aromatic heterocycles. The maximum atomic E-state index is 10.6. The molecule has 23 heavy (non-hydrogen) atoms. The number of aldehydes is 1. The quantitative estimate of drug-likeness (QED) is 0.499. The van der Waals surface area contributed by atoms with Crippen molar-refractivity contribution < 1.29 is 13.9 Å². The van der Waals surface area contributed by atoms with Crippen LogP contribution in [-0.4, -0.2) is 24.1 Å². The molecular formula is C18H15NO3S. The molecule has 3 aromatic rings. The number of methoxy groups -OCH3 is 1. The zero-order valence-corrected chi connectivity index (χ0v) is 13.4. The number of oxazole rings is 1. The molecule has 0 bridgehead atoms. The third kappa shape index (κ3) is 3.46. The summed E-state index contributed by atoms with van der Waals surface area (Å²) < 4.78 is 11.1. The van der Waals surface area contributed by atoms with Gasteiger partial charge in [-0.05, 0) is 24.3 Å². The summed E-state index contributed by atoms with van der Waals surface area (Å²) in [6, 6.07) is 17.5. The summed E-state index contributed by atoms with van der Waals surface area (Å²) in [5.41, 5.74) is 2.64. The van der Waals surface area contributed by atoms with Crippen LogP contribution in [0.1, 0.15) is 0 Å². The lowest BCUT2D eigenvalue weighted by Crippen LogP contribution is -1.85. The van der Waals surface area contributed by atoms with Gasteiger partial charge < -0.3 is 13.9 Å². The lowest BCUT2D eigenvalue weighted by Gasteiger charge is -2.03. The van der Waals surface area contributed by atoms with E-state index < -0.39 is 0 Å². The van der Waals surface area contributed by atoms with Crippen molar-refractivity contribution >= 4 is 18.0 Å². The zero-order chi connectivity index (χ0) is 16.1. The topological polar surface area (TPSA) is 52.3 Å². The van der Waals surface area contributed by atoms with Gasteiger partial charge in [0.05, 0.1) is 12.9 Å². The Morgan fingerprint density at radius 3 is 2.48 bits per heavy atom. The van der Waals surface area contributed by atoms with E-state index >= 15 is 0 Å². The van der Waals surface area contributed by atoms with Crippen LogP contribution in [0.5, 0.6) is 5.75 Å². The number of benzene rings is 2. The van der Waals surface area contributed by atoms with Crippen molar-refractivity contribution in [2.75, 3.05) is 12.9 Å². The van der Waals surface area contributed by atoms with Crippen LogP contribution in [0, 0.1) is 0 Å². The predicted octanol–water partition coefficient (Wildman–Crippen LogP) is 4.31. The Balaban J connectivity index is 2.05. The number of carbonyl (C=O) groups is 1. The van der Waals surface area contributed by atoms with Crippen LogP contribution in [0.25, 0.3) is 22.6 Å². The summed E-state index contributed by atoms with van der Waals surface area (Å²) >= 11 is 1.28. The van der Waals surface area contributed by atoms with Crippen LogP contribution in [0.3, 0.4) is 0 Å². The molecule has 4 nitrogen and oxygen atoms in total. The Kier molecular flexibility index (Phi) is 4.78. The van der Waals surface area contributed by atoms with E-state index in [1.807, 2.05) is 54.6 Å². The average molecular weight is 325 g/mol. The summed E-state index contributed by atoms with van der Waals surface area (Å²) in [4.78, 5) is 15.1. The summed E-state index contributed by atoms with van der Waals surface area (Å²) in [5, 5.41) is 0.488. The highest BCUT2D eigenvalue weighted by atomic mass is 32.2. The SMILES string of the molecule is COc1ccc(-c2nc(SCC=O)oc2-c2ccccc2)cc1. The molecule has 2 aromatic carbocycles. The minimum atomic E-state index is 0.316. The maximum Gasteiger partial charge on any atom is 0.257 e. The van der Waals surface area contributed by atoms with Gasteiger partial charge in [-0.1, -0.05) is 42.1 Å². The maximum absolute atomic E-state index is 10.6. The number of carbonyl (C=O) groups excluding carboxylic acids is 1. The zero-order valence-electron chi connectivity index (χ0n) is 12.6. The lowest BCUT2D eigenvalue weighted by molar-refractivity contribution is -0.105. The second-order valence-corrected chi connectivity index (χ2v) is 5.70. The van der Waals surface area contributed by atoms with Crippen molar-refractivity contribution in [2.45, 2.75) is 5.22 Å². The Morgan fingerprint density at radius 2 is 1.83 bits per heavy atom. The van der Waals surface area contributed by atoms with E-state index in [0.717, 1.165) is 28.9 Å². The molecular weight excluding hydrogens is 310 g/mol. The Hall–Kier alpha value is -2.53. The van der Waals surface area contributed by atoms with Crippen LogP contribution in [0.4, 0.5) is 0 Å². The summed E-state index contributed by atoms with van der Waals surface area (Å²) in [7, 11) is 1.63. The first-order chi connectivity index (χ1) is 11.3. The van der Waals surface area contributed by atoms with Crippen LogP contribution in [-0.2, 0) is 4.79 Å². The van der Waals surface area contributed by atoms with Crippen molar-refractivity contribution in [3.63, 3.8) is 0 Å². The number of hydrogen-bond acceptors (Lipinski definition) is 5. The minimum Gasteiger partial charge on any atom is -0.497 e. The van der Waals surface area contributed by atoms with Crippen molar-refractivity contribution in [3.05, 3.63) is 54.6 Å². The van der Waals surface area contributed by atoms with E-state index in [0.29, 0.717) is 16.7 Å². The molecule has 5 heteroatoms. The summed E-state index contributed by atoms with van der Waals surface area (Å²) in [6.45, 7) is 0. The molecule has 0 amide bonds. The standard InChI is InChI=1S/C18H15NO3S/c1-21-15-9-7-13(8-10-15)16-17(14-5-3-2-4-6-14)22-18(19-16)23-12-11-20/h2-11H,12H2,1H3. The molecule has 0 aliphatic heterocycles. The summed E-state index contributed by atoms with van der Waals surface area (Å²) in [6.07, 6.45) is 0.837. The van der Waals surface area contributed by atoms with E-state index in [9.17, 15) is 4.79 Å². The third-order valence-electron chi connectivity index (χ3n) is 3.28. The van der Waals surface area contributed by atoms with Gasteiger partial charge in [0, 0.05) is 11.1 Å². The van der Waals surface area contributed by atoms with Gasteiger partial charge in [-0.25, -0.2) is 4.98 Å². The van der Waals surface area contributed by atoms with Crippen LogP contribution < -0.4 is 4.74 Å². The molecule has 0 N–H and O–H groups in total. The molecule has 0 aliphatic carbocycles. The first-order valence-corrected chi connectivity index (χ1v) is 8.07. The molecule has 3 rings (SSSR count). The number of aromatic nitrogens is 1. The molecule has 0 atom stereocenters. The molecule has 116 valence electrons. The fourth-order valence-electron chi connectivity index (χ4n) is 2.20. The van der Waals surface area contributed by atoms with Gasteiger partial charge in [-0.2, -0.15) is 0 Å².